The van der Waals surface area contributed by atoms with Crippen molar-refractivity contribution in [3.63, 3.8) is 0 Å². The first kappa shape index (κ1) is 19.0. The Balaban J connectivity index is 3.18. The van der Waals surface area contributed by atoms with Crippen molar-refractivity contribution in [3.8, 4) is 11.8 Å². The number of esters is 3. The Labute approximate surface area is 140 Å². The first-order valence-electron chi connectivity index (χ1n) is 7.02. The molecule has 0 radical (unpaired) electrons. The molecule has 126 valence electrons. The predicted molar refractivity (Wildman–Crippen MR) is 85.6 cm³/mol. The lowest BCUT2D eigenvalue weighted by atomic mass is 9.97. The Morgan fingerprint density at radius 2 is 1.83 bits per heavy atom. The van der Waals surface area contributed by atoms with E-state index in [0.717, 1.165) is 0 Å². The molecule has 24 heavy (non-hydrogen) atoms. The molecule has 0 aliphatic heterocycles. The molecule has 0 saturated heterocycles. The second-order valence-corrected chi connectivity index (χ2v) is 4.68. The summed E-state index contributed by atoms with van der Waals surface area (Å²) < 4.78 is 14.6. The van der Waals surface area contributed by atoms with Gasteiger partial charge >= 0.3 is 17.9 Å². The largest absolute Gasteiger partial charge is 0.466 e. The van der Waals surface area contributed by atoms with Crippen molar-refractivity contribution < 1.29 is 28.6 Å². The highest BCUT2D eigenvalue weighted by molar-refractivity contribution is 5.89. The summed E-state index contributed by atoms with van der Waals surface area (Å²) in [6, 6.07) is 6.81. The van der Waals surface area contributed by atoms with Gasteiger partial charge in [-0.3, -0.25) is 9.59 Å². The van der Waals surface area contributed by atoms with E-state index in [-0.39, 0.29) is 12.2 Å². The number of benzene rings is 1. The summed E-state index contributed by atoms with van der Waals surface area (Å²) in [6.45, 7) is 6.09. The van der Waals surface area contributed by atoms with E-state index in [1.165, 1.54) is 21.0 Å². The fourth-order valence-corrected chi connectivity index (χ4v) is 1.83. The van der Waals surface area contributed by atoms with Crippen molar-refractivity contribution in [1.82, 2.24) is 0 Å². The van der Waals surface area contributed by atoms with Gasteiger partial charge in [-0.25, -0.2) is 4.79 Å². The normalized spacial score (nSPS) is 10.6. The van der Waals surface area contributed by atoms with Crippen LogP contribution >= 0.6 is 0 Å². The number of rotatable bonds is 5. The first-order valence-corrected chi connectivity index (χ1v) is 7.02. The van der Waals surface area contributed by atoms with E-state index < -0.39 is 24.0 Å². The van der Waals surface area contributed by atoms with E-state index in [0.29, 0.717) is 11.1 Å². The van der Waals surface area contributed by atoms with Crippen LogP contribution in [0.3, 0.4) is 0 Å². The van der Waals surface area contributed by atoms with E-state index in [4.69, 9.17) is 9.47 Å². The molecule has 0 spiro atoms. The maximum Gasteiger partial charge on any atom is 0.337 e. The first-order chi connectivity index (χ1) is 11.4. The van der Waals surface area contributed by atoms with Gasteiger partial charge in [0, 0.05) is 25.0 Å². The summed E-state index contributed by atoms with van der Waals surface area (Å²) in [5.41, 5.74) is 0.973. The van der Waals surface area contributed by atoms with Gasteiger partial charge < -0.3 is 14.2 Å². The standard InChI is InChI=1S/C18H18O6/c1-12(18(21)22-4)17(24-14(3)20)16-10-6-5-8-15(16)9-7-11-23-13(2)19/h5-6,8,10,17H,1,11H2,2-4H3. The van der Waals surface area contributed by atoms with Crippen molar-refractivity contribution >= 4 is 17.9 Å². The lowest BCUT2D eigenvalue weighted by Crippen LogP contribution is -2.18. The lowest BCUT2D eigenvalue weighted by Gasteiger charge is -2.19. The minimum Gasteiger partial charge on any atom is -0.466 e. The van der Waals surface area contributed by atoms with Crippen molar-refractivity contribution in [2.75, 3.05) is 13.7 Å². The molecule has 1 aromatic carbocycles. The topological polar surface area (TPSA) is 78.9 Å². The van der Waals surface area contributed by atoms with Crippen molar-refractivity contribution in [1.29, 1.82) is 0 Å². The van der Waals surface area contributed by atoms with Crippen molar-refractivity contribution in [2.24, 2.45) is 0 Å². The fraction of sp³-hybridized carbons (Fsp3) is 0.278. The highest BCUT2D eigenvalue weighted by atomic mass is 16.6. The molecular formula is C18H18O6. The average Bonchev–Trinajstić information content (AvgIpc) is 2.55. The zero-order chi connectivity index (χ0) is 18.1. The monoisotopic (exact) mass is 330 g/mol. The minimum absolute atomic E-state index is 0.0260. The smallest absolute Gasteiger partial charge is 0.337 e. The summed E-state index contributed by atoms with van der Waals surface area (Å²) in [7, 11) is 1.21. The van der Waals surface area contributed by atoms with Crippen LogP contribution < -0.4 is 0 Å². The zero-order valence-corrected chi connectivity index (χ0v) is 13.8. The molecule has 1 aromatic rings. The number of carbonyl (C=O) groups excluding carboxylic acids is 3. The molecule has 0 saturated carbocycles. The number of hydrogen-bond donors (Lipinski definition) is 0. The summed E-state index contributed by atoms with van der Waals surface area (Å²) in [6.07, 6.45) is -1.02. The maximum absolute atomic E-state index is 11.7. The third-order valence-electron chi connectivity index (χ3n) is 2.86. The van der Waals surface area contributed by atoms with Gasteiger partial charge in [-0.05, 0) is 6.07 Å². The lowest BCUT2D eigenvalue weighted by molar-refractivity contribution is -0.147. The van der Waals surface area contributed by atoms with Gasteiger partial charge in [0.2, 0.25) is 0 Å². The van der Waals surface area contributed by atoms with Crippen molar-refractivity contribution in [2.45, 2.75) is 20.0 Å². The van der Waals surface area contributed by atoms with Gasteiger partial charge in [0.15, 0.2) is 12.7 Å². The molecule has 6 nitrogen and oxygen atoms in total. The van der Waals surface area contributed by atoms with Crippen LogP contribution in [0.1, 0.15) is 31.1 Å². The van der Waals surface area contributed by atoms with Crippen LogP contribution in [-0.2, 0) is 28.6 Å². The summed E-state index contributed by atoms with van der Waals surface area (Å²) in [5.74, 6) is 3.80. The van der Waals surface area contributed by atoms with Crippen molar-refractivity contribution in [3.05, 3.63) is 47.5 Å². The minimum atomic E-state index is -1.02. The second kappa shape index (κ2) is 9.16. The number of ether oxygens (including phenoxy) is 3. The van der Waals surface area contributed by atoms with Gasteiger partial charge in [-0.15, -0.1) is 0 Å². The Bertz CT molecular complexity index is 708. The fourth-order valence-electron chi connectivity index (χ4n) is 1.83. The number of methoxy groups -OCH3 is 1. The molecule has 0 amide bonds. The van der Waals surface area contributed by atoms with Gasteiger partial charge in [-0.2, -0.15) is 0 Å². The molecule has 0 aliphatic carbocycles. The van der Waals surface area contributed by atoms with Crippen LogP contribution in [0.2, 0.25) is 0 Å². The van der Waals surface area contributed by atoms with E-state index in [2.05, 4.69) is 23.2 Å². The quantitative estimate of drug-likeness (QED) is 0.355. The molecule has 1 unspecified atom stereocenters. The Morgan fingerprint density at radius 3 is 2.42 bits per heavy atom. The third-order valence-corrected chi connectivity index (χ3v) is 2.86. The molecule has 1 atom stereocenters. The second-order valence-electron chi connectivity index (χ2n) is 4.68. The molecule has 0 bridgehead atoms. The summed E-state index contributed by atoms with van der Waals surface area (Å²) in [4.78, 5) is 33.9. The van der Waals surface area contributed by atoms with E-state index in [1.54, 1.807) is 24.3 Å². The van der Waals surface area contributed by atoms with E-state index >= 15 is 0 Å². The third kappa shape index (κ3) is 5.61. The van der Waals surface area contributed by atoms with Gasteiger partial charge in [-0.1, -0.05) is 36.6 Å². The molecule has 0 heterocycles. The highest BCUT2D eigenvalue weighted by Crippen LogP contribution is 2.28. The molecule has 1 rings (SSSR count). The Hall–Kier alpha value is -3.07. The van der Waals surface area contributed by atoms with Crippen LogP contribution in [0.25, 0.3) is 0 Å². The molecule has 0 fully saturated rings. The summed E-state index contributed by atoms with van der Waals surface area (Å²) >= 11 is 0. The highest BCUT2D eigenvalue weighted by Gasteiger charge is 2.26. The number of carbonyl (C=O) groups is 3. The van der Waals surface area contributed by atoms with E-state index in [1.807, 2.05) is 0 Å². The van der Waals surface area contributed by atoms with E-state index in [9.17, 15) is 14.4 Å². The summed E-state index contributed by atoms with van der Waals surface area (Å²) in [5, 5.41) is 0. The van der Waals surface area contributed by atoms with Gasteiger partial charge in [0.1, 0.15) is 0 Å². The molecule has 0 N–H and O–H groups in total. The molecule has 0 aliphatic rings. The van der Waals surface area contributed by atoms with Crippen LogP contribution in [0.5, 0.6) is 0 Å². The van der Waals surface area contributed by atoms with Crippen LogP contribution in [-0.4, -0.2) is 31.6 Å². The Morgan fingerprint density at radius 1 is 1.17 bits per heavy atom. The van der Waals surface area contributed by atoms with Gasteiger partial charge in [0.05, 0.1) is 12.7 Å². The average molecular weight is 330 g/mol. The zero-order valence-electron chi connectivity index (χ0n) is 13.8. The van der Waals surface area contributed by atoms with Gasteiger partial charge in [0.25, 0.3) is 0 Å². The van der Waals surface area contributed by atoms with Crippen LogP contribution in [0.15, 0.2) is 36.4 Å². The van der Waals surface area contributed by atoms with Crippen LogP contribution in [0.4, 0.5) is 0 Å². The molecular weight excluding hydrogens is 312 g/mol. The number of hydrogen-bond acceptors (Lipinski definition) is 6. The Kier molecular flexibility index (Phi) is 7.24. The van der Waals surface area contributed by atoms with Crippen LogP contribution in [0, 0.1) is 11.8 Å². The molecule has 6 heteroatoms. The predicted octanol–water partition coefficient (Wildman–Crippen LogP) is 1.93. The molecule has 0 aromatic heterocycles. The maximum atomic E-state index is 11.7. The SMILES string of the molecule is C=C(C(=O)OC)C(OC(C)=O)c1ccccc1C#CCOC(C)=O.